The molecule has 0 N–H and O–H groups in total. The molecule has 0 saturated heterocycles. The molecule has 1 atom stereocenters. The third-order valence-electron chi connectivity index (χ3n) is 3.46. The number of aryl methyl sites for hydroxylation is 1. The summed E-state index contributed by atoms with van der Waals surface area (Å²) >= 11 is 0. The van der Waals surface area contributed by atoms with Crippen molar-refractivity contribution >= 4 is 24.1 Å². The standard InChI is InChI=1S/C20H26N2O9/c1-14(2)18(24)27-9-10-28-20(26)31-16(12-30-19(25)15(3)4)11-29-17(23)5-7-22-8-6-21-13-22/h6,8,13,16H,1,3,5,7,9-12H2,2,4H3. The molecule has 0 aromatic carbocycles. The van der Waals surface area contributed by atoms with E-state index in [9.17, 15) is 19.2 Å². The maximum absolute atomic E-state index is 11.9. The van der Waals surface area contributed by atoms with Crippen LogP contribution in [0.5, 0.6) is 0 Å². The highest BCUT2D eigenvalue weighted by Gasteiger charge is 2.21. The van der Waals surface area contributed by atoms with Crippen molar-refractivity contribution in [2.24, 2.45) is 0 Å². The van der Waals surface area contributed by atoms with Crippen LogP contribution in [-0.2, 0) is 44.6 Å². The normalized spacial score (nSPS) is 11.0. The summed E-state index contributed by atoms with van der Waals surface area (Å²) in [6.45, 7) is 8.97. The second kappa shape index (κ2) is 13.6. The first-order chi connectivity index (χ1) is 14.7. The van der Waals surface area contributed by atoms with Crippen molar-refractivity contribution in [2.75, 3.05) is 26.4 Å². The highest BCUT2D eigenvalue weighted by Crippen LogP contribution is 2.03. The average Bonchev–Trinajstić information content (AvgIpc) is 3.24. The van der Waals surface area contributed by atoms with E-state index in [1.165, 1.54) is 13.8 Å². The number of rotatable bonds is 13. The van der Waals surface area contributed by atoms with E-state index in [2.05, 4.69) is 18.1 Å². The number of hydrogen-bond donors (Lipinski definition) is 0. The molecular weight excluding hydrogens is 412 g/mol. The average molecular weight is 438 g/mol. The summed E-state index contributed by atoms with van der Waals surface area (Å²) in [5.74, 6) is -1.86. The molecule has 0 saturated carbocycles. The maximum atomic E-state index is 11.9. The largest absolute Gasteiger partial charge is 0.508 e. The molecule has 0 aliphatic heterocycles. The highest BCUT2D eigenvalue weighted by molar-refractivity contribution is 5.87. The topological polar surface area (TPSA) is 132 Å². The van der Waals surface area contributed by atoms with Crippen molar-refractivity contribution in [1.29, 1.82) is 0 Å². The lowest BCUT2D eigenvalue weighted by Crippen LogP contribution is -2.31. The van der Waals surface area contributed by atoms with Crippen LogP contribution in [0.4, 0.5) is 4.79 Å². The van der Waals surface area contributed by atoms with Crippen molar-refractivity contribution in [3.8, 4) is 0 Å². The van der Waals surface area contributed by atoms with E-state index in [1.54, 1.807) is 23.3 Å². The van der Waals surface area contributed by atoms with Gasteiger partial charge in [0.05, 0.1) is 12.7 Å². The summed E-state index contributed by atoms with van der Waals surface area (Å²) in [6.07, 6.45) is 2.67. The second-order valence-corrected chi connectivity index (χ2v) is 6.37. The number of ether oxygens (including phenoxy) is 5. The molecule has 0 aliphatic rings. The van der Waals surface area contributed by atoms with Gasteiger partial charge < -0.3 is 28.3 Å². The summed E-state index contributed by atoms with van der Waals surface area (Å²) in [7, 11) is 0. The highest BCUT2D eigenvalue weighted by atomic mass is 16.7. The van der Waals surface area contributed by atoms with Gasteiger partial charge in [-0.15, -0.1) is 0 Å². The lowest BCUT2D eigenvalue weighted by Gasteiger charge is -2.18. The predicted octanol–water partition coefficient (Wildman–Crippen LogP) is 1.58. The smallest absolute Gasteiger partial charge is 0.462 e. The molecule has 1 aromatic heterocycles. The van der Waals surface area contributed by atoms with E-state index in [4.69, 9.17) is 23.7 Å². The van der Waals surface area contributed by atoms with E-state index in [-0.39, 0.29) is 44.0 Å². The number of aromatic nitrogens is 2. The molecule has 170 valence electrons. The van der Waals surface area contributed by atoms with Crippen LogP contribution in [0.15, 0.2) is 43.0 Å². The summed E-state index contributed by atoms with van der Waals surface area (Å²) in [4.78, 5) is 50.4. The number of carbonyl (C=O) groups is 4. The Morgan fingerprint density at radius 2 is 1.55 bits per heavy atom. The van der Waals surface area contributed by atoms with Gasteiger partial charge in [-0.3, -0.25) is 4.79 Å². The Balaban J connectivity index is 2.45. The van der Waals surface area contributed by atoms with Crippen LogP contribution in [0.25, 0.3) is 0 Å². The Bertz CT molecular complexity index is 787. The number of imidazole rings is 1. The summed E-state index contributed by atoms with van der Waals surface area (Å²) < 4.78 is 26.3. The minimum atomic E-state index is -1.11. The van der Waals surface area contributed by atoms with Crippen LogP contribution in [0.2, 0.25) is 0 Å². The van der Waals surface area contributed by atoms with Crippen LogP contribution in [-0.4, -0.2) is 66.1 Å². The zero-order valence-corrected chi connectivity index (χ0v) is 17.5. The molecule has 0 bridgehead atoms. The third-order valence-corrected chi connectivity index (χ3v) is 3.46. The fourth-order valence-corrected chi connectivity index (χ4v) is 1.86. The quantitative estimate of drug-likeness (QED) is 0.193. The van der Waals surface area contributed by atoms with Crippen molar-refractivity contribution in [3.63, 3.8) is 0 Å². The lowest BCUT2D eigenvalue weighted by atomic mass is 10.3. The molecule has 0 aliphatic carbocycles. The number of hydrogen-bond acceptors (Lipinski definition) is 10. The molecule has 1 rings (SSSR count). The Kier molecular flexibility index (Phi) is 11.1. The SMILES string of the molecule is C=C(C)C(=O)OCCOC(=O)OC(COC(=O)CCn1ccnc1)COC(=O)C(=C)C. The maximum Gasteiger partial charge on any atom is 0.508 e. The first kappa shape index (κ1) is 25.4. The van der Waals surface area contributed by atoms with E-state index < -0.39 is 30.2 Å². The number of esters is 3. The fourth-order valence-electron chi connectivity index (χ4n) is 1.86. The zero-order chi connectivity index (χ0) is 23.2. The lowest BCUT2D eigenvalue weighted by molar-refractivity contribution is -0.151. The molecule has 1 heterocycles. The van der Waals surface area contributed by atoms with Crippen LogP contribution in [0.3, 0.4) is 0 Å². The zero-order valence-electron chi connectivity index (χ0n) is 17.5. The Morgan fingerprint density at radius 3 is 2.16 bits per heavy atom. The Labute approximate surface area is 179 Å². The molecule has 0 spiro atoms. The van der Waals surface area contributed by atoms with Crippen LogP contribution in [0, 0.1) is 0 Å². The fraction of sp³-hybridized carbons (Fsp3) is 0.450. The van der Waals surface area contributed by atoms with Crippen LogP contribution in [0.1, 0.15) is 20.3 Å². The van der Waals surface area contributed by atoms with Gasteiger partial charge in [0.25, 0.3) is 0 Å². The molecule has 0 radical (unpaired) electrons. The summed E-state index contributed by atoms with van der Waals surface area (Å²) in [5.41, 5.74) is 0.356. The number of carbonyl (C=O) groups excluding carboxylic acids is 4. The van der Waals surface area contributed by atoms with E-state index in [1.807, 2.05) is 0 Å². The van der Waals surface area contributed by atoms with Gasteiger partial charge in [0.15, 0.2) is 6.10 Å². The number of nitrogens with zero attached hydrogens (tertiary/aromatic N) is 2. The van der Waals surface area contributed by atoms with E-state index in [0.29, 0.717) is 6.54 Å². The first-order valence-electron chi connectivity index (χ1n) is 9.29. The molecule has 1 aromatic rings. The van der Waals surface area contributed by atoms with Crippen molar-refractivity contribution in [2.45, 2.75) is 32.9 Å². The van der Waals surface area contributed by atoms with Gasteiger partial charge in [0.1, 0.15) is 26.4 Å². The van der Waals surface area contributed by atoms with Gasteiger partial charge in [-0.05, 0) is 13.8 Å². The van der Waals surface area contributed by atoms with Crippen molar-refractivity contribution < 1.29 is 42.9 Å². The van der Waals surface area contributed by atoms with E-state index in [0.717, 1.165) is 0 Å². The van der Waals surface area contributed by atoms with Crippen LogP contribution < -0.4 is 0 Å². The molecule has 0 amide bonds. The summed E-state index contributed by atoms with van der Waals surface area (Å²) in [6, 6.07) is 0. The van der Waals surface area contributed by atoms with Gasteiger partial charge in [-0.1, -0.05) is 13.2 Å². The second-order valence-electron chi connectivity index (χ2n) is 6.37. The molecule has 11 heteroatoms. The van der Waals surface area contributed by atoms with Crippen molar-refractivity contribution in [3.05, 3.63) is 43.0 Å². The van der Waals surface area contributed by atoms with Gasteiger partial charge in [0.2, 0.25) is 0 Å². The van der Waals surface area contributed by atoms with Crippen molar-refractivity contribution in [1.82, 2.24) is 9.55 Å². The summed E-state index contributed by atoms with van der Waals surface area (Å²) in [5, 5.41) is 0. The Hall–Kier alpha value is -3.63. The molecular formula is C20H26N2O9. The van der Waals surface area contributed by atoms with Gasteiger partial charge in [-0.2, -0.15) is 0 Å². The van der Waals surface area contributed by atoms with Gasteiger partial charge >= 0.3 is 24.1 Å². The monoisotopic (exact) mass is 438 g/mol. The first-order valence-corrected chi connectivity index (χ1v) is 9.29. The van der Waals surface area contributed by atoms with Gasteiger partial charge in [-0.25, -0.2) is 19.4 Å². The van der Waals surface area contributed by atoms with Gasteiger partial charge in [0, 0.05) is 30.1 Å². The van der Waals surface area contributed by atoms with E-state index >= 15 is 0 Å². The molecule has 31 heavy (non-hydrogen) atoms. The Morgan fingerprint density at radius 1 is 0.935 bits per heavy atom. The third kappa shape index (κ3) is 11.2. The van der Waals surface area contributed by atoms with Crippen LogP contribution >= 0.6 is 0 Å². The molecule has 11 nitrogen and oxygen atoms in total. The molecule has 0 fully saturated rings. The minimum absolute atomic E-state index is 0.0627. The molecule has 1 unspecified atom stereocenters. The predicted molar refractivity (Wildman–Crippen MR) is 106 cm³/mol. The minimum Gasteiger partial charge on any atom is -0.462 e.